The van der Waals surface area contributed by atoms with Gasteiger partial charge in [0.2, 0.25) is 0 Å². The molecule has 0 saturated carbocycles. The first-order chi connectivity index (χ1) is 10.1. The van der Waals surface area contributed by atoms with E-state index in [1.807, 2.05) is 11.7 Å². The first-order valence-corrected chi connectivity index (χ1v) is 8.92. The maximum absolute atomic E-state index is 5.76. The third-order valence-electron chi connectivity index (χ3n) is 3.62. The maximum atomic E-state index is 5.76. The van der Waals surface area contributed by atoms with E-state index in [4.69, 9.17) is 5.84 Å². The molecule has 0 fully saturated rings. The normalized spacial score (nSPS) is 12.6. The molecule has 0 aliphatic heterocycles. The van der Waals surface area contributed by atoms with E-state index >= 15 is 0 Å². The lowest BCUT2D eigenvalue weighted by Crippen LogP contribution is -2.30. The minimum absolute atomic E-state index is 0.0670. The number of aryl methyl sites for hydroxylation is 2. The summed E-state index contributed by atoms with van der Waals surface area (Å²) in [7, 11) is 1.98. The van der Waals surface area contributed by atoms with Crippen LogP contribution in [0.4, 0.5) is 0 Å². The predicted octanol–water partition coefficient (Wildman–Crippen LogP) is 3.21. The standard InChI is InChI=1S/C15H21BrN4S/c1-4-12-15(16)14(20(2)19-12)9-13(18-17)10-5-7-11(21-3)8-6-10/h5-8,13,18H,4,9,17H2,1-3H3. The number of nitrogens with zero attached hydrogens (tertiary/aromatic N) is 2. The Balaban J connectivity index is 2.24. The SMILES string of the molecule is CCc1nn(C)c(CC(NN)c2ccc(SC)cc2)c1Br. The fraction of sp³-hybridized carbons (Fsp3) is 0.400. The van der Waals surface area contributed by atoms with Gasteiger partial charge in [0.15, 0.2) is 0 Å². The van der Waals surface area contributed by atoms with Gasteiger partial charge in [-0.3, -0.25) is 16.0 Å². The van der Waals surface area contributed by atoms with Gasteiger partial charge in [0.1, 0.15) is 0 Å². The van der Waals surface area contributed by atoms with Gasteiger partial charge in [0, 0.05) is 18.4 Å². The molecule has 1 heterocycles. The highest BCUT2D eigenvalue weighted by Gasteiger charge is 2.18. The summed E-state index contributed by atoms with van der Waals surface area (Å²) in [6.45, 7) is 2.11. The Morgan fingerprint density at radius 3 is 2.52 bits per heavy atom. The first kappa shape index (κ1) is 16.5. The molecule has 4 nitrogen and oxygen atoms in total. The number of rotatable bonds is 6. The van der Waals surface area contributed by atoms with Crippen LogP contribution in [-0.4, -0.2) is 16.0 Å². The molecule has 1 atom stereocenters. The number of benzene rings is 1. The fourth-order valence-electron chi connectivity index (χ4n) is 2.34. The van der Waals surface area contributed by atoms with Crippen LogP contribution in [0.1, 0.15) is 29.9 Å². The van der Waals surface area contributed by atoms with E-state index in [1.165, 1.54) is 10.5 Å². The Kier molecular flexibility index (Phi) is 5.87. The van der Waals surface area contributed by atoms with E-state index in [2.05, 4.69) is 63.9 Å². The second kappa shape index (κ2) is 7.45. The van der Waals surface area contributed by atoms with Crippen molar-refractivity contribution in [2.75, 3.05) is 6.26 Å². The average Bonchev–Trinajstić information content (AvgIpc) is 2.79. The molecule has 2 aromatic rings. The van der Waals surface area contributed by atoms with Gasteiger partial charge in [-0.25, -0.2) is 0 Å². The van der Waals surface area contributed by atoms with Crippen LogP contribution in [-0.2, 0) is 19.9 Å². The first-order valence-electron chi connectivity index (χ1n) is 6.91. The fourth-order valence-corrected chi connectivity index (χ4v) is 3.53. The molecule has 0 amide bonds. The van der Waals surface area contributed by atoms with E-state index in [0.29, 0.717) is 0 Å². The molecule has 6 heteroatoms. The van der Waals surface area contributed by atoms with Gasteiger partial charge in [-0.2, -0.15) is 5.10 Å². The van der Waals surface area contributed by atoms with Gasteiger partial charge < -0.3 is 0 Å². The van der Waals surface area contributed by atoms with Gasteiger partial charge in [-0.1, -0.05) is 19.1 Å². The smallest absolute Gasteiger partial charge is 0.0766 e. The summed E-state index contributed by atoms with van der Waals surface area (Å²) in [6, 6.07) is 8.57. The van der Waals surface area contributed by atoms with Crippen molar-refractivity contribution in [2.45, 2.75) is 30.7 Å². The van der Waals surface area contributed by atoms with Crippen LogP contribution in [0.3, 0.4) is 0 Å². The zero-order valence-corrected chi connectivity index (χ0v) is 15.0. The summed E-state index contributed by atoms with van der Waals surface area (Å²) in [4.78, 5) is 1.25. The maximum Gasteiger partial charge on any atom is 0.0766 e. The number of aromatic nitrogens is 2. The van der Waals surface area contributed by atoms with Gasteiger partial charge >= 0.3 is 0 Å². The van der Waals surface area contributed by atoms with Crippen LogP contribution in [0.25, 0.3) is 0 Å². The lowest BCUT2D eigenvalue weighted by atomic mass is 10.0. The number of hydrazine groups is 1. The van der Waals surface area contributed by atoms with E-state index in [-0.39, 0.29) is 6.04 Å². The molecule has 0 aliphatic rings. The van der Waals surface area contributed by atoms with Crippen molar-refractivity contribution in [3.05, 3.63) is 45.7 Å². The molecule has 3 N–H and O–H groups in total. The van der Waals surface area contributed by atoms with Crippen LogP contribution in [0, 0.1) is 0 Å². The average molecular weight is 369 g/mol. The van der Waals surface area contributed by atoms with E-state index in [0.717, 1.165) is 28.7 Å². The van der Waals surface area contributed by atoms with Gasteiger partial charge in [0.25, 0.3) is 0 Å². The highest BCUT2D eigenvalue weighted by molar-refractivity contribution is 9.10. The summed E-state index contributed by atoms with van der Waals surface area (Å²) < 4.78 is 3.03. The lowest BCUT2D eigenvalue weighted by Gasteiger charge is -2.17. The molecule has 0 bridgehead atoms. The minimum atomic E-state index is 0.0670. The highest BCUT2D eigenvalue weighted by atomic mass is 79.9. The summed E-state index contributed by atoms with van der Waals surface area (Å²) in [5.41, 5.74) is 6.34. The molecule has 1 aromatic heterocycles. The Morgan fingerprint density at radius 2 is 2.05 bits per heavy atom. The van der Waals surface area contributed by atoms with Crippen molar-refractivity contribution in [1.29, 1.82) is 0 Å². The molecular formula is C15H21BrN4S. The Bertz CT molecular complexity index is 594. The van der Waals surface area contributed by atoms with Crippen molar-refractivity contribution in [1.82, 2.24) is 15.2 Å². The van der Waals surface area contributed by atoms with Crippen LogP contribution >= 0.6 is 27.7 Å². The molecule has 114 valence electrons. The number of nitrogens with one attached hydrogen (secondary N) is 1. The summed E-state index contributed by atoms with van der Waals surface area (Å²) in [5.74, 6) is 5.76. The van der Waals surface area contributed by atoms with Crippen molar-refractivity contribution in [3.63, 3.8) is 0 Å². The summed E-state index contributed by atoms with van der Waals surface area (Å²) in [6.07, 6.45) is 3.78. The Labute approximate surface area is 138 Å². The third-order valence-corrected chi connectivity index (χ3v) is 5.28. The molecule has 1 aromatic carbocycles. The van der Waals surface area contributed by atoms with Crippen LogP contribution < -0.4 is 11.3 Å². The molecule has 0 radical (unpaired) electrons. The predicted molar refractivity (Wildman–Crippen MR) is 92.3 cm³/mol. The monoisotopic (exact) mass is 368 g/mol. The number of hydrogen-bond acceptors (Lipinski definition) is 4. The molecule has 0 aliphatic carbocycles. The summed E-state index contributed by atoms with van der Waals surface area (Å²) in [5, 5.41) is 4.53. The Hall–Kier alpha value is -0.820. The Morgan fingerprint density at radius 1 is 1.38 bits per heavy atom. The number of hydrogen-bond donors (Lipinski definition) is 2. The van der Waals surface area contributed by atoms with Gasteiger partial charge in [-0.15, -0.1) is 11.8 Å². The second-order valence-corrected chi connectivity index (χ2v) is 6.55. The van der Waals surface area contributed by atoms with Crippen LogP contribution in [0.15, 0.2) is 33.6 Å². The van der Waals surface area contributed by atoms with E-state index in [9.17, 15) is 0 Å². The number of nitrogens with two attached hydrogens (primary N) is 1. The molecule has 1 unspecified atom stereocenters. The topological polar surface area (TPSA) is 55.9 Å². The molecular weight excluding hydrogens is 348 g/mol. The zero-order chi connectivity index (χ0) is 15.4. The third kappa shape index (κ3) is 3.69. The molecule has 0 spiro atoms. The quantitative estimate of drug-likeness (QED) is 0.466. The van der Waals surface area contributed by atoms with Crippen molar-refractivity contribution in [3.8, 4) is 0 Å². The van der Waals surface area contributed by atoms with E-state index in [1.54, 1.807) is 11.8 Å². The second-order valence-electron chi connectivity index (χ2n) is 4.88. The molecule has 0 saturated heterocycles. The van der Waals surface area contributed by atoms with E-state index < -0.39 is 0 Å². The van der Waals surface area contributed by atoms with Crippen molar-refractivity contribution >= 4 is 27.7 Å². The lowest BCUT2D eigenvalue weighted by molar-refractivity contribution is 0.528. The number of thioether (sulfide) groups is 1. The van der Waals surface area contributed by atoms with Crippen molar-refractivity contribution in [2.24, 2.45) is 12.9 Å². The largest absolute Gasteiger partial charge is 0.271 e. The number of halogens is 1. The zero-order valence-electron chi connectivity index (χ0n) is 12.6. The molecule has 2 rings (SSSR count). The molecule has 21 heavy (non-hydrogen) atoms. The minimum Gasteiger partial charge on any atom is -0.271 e. The van der Waals surface area contributed by atoms with Crippen LogP contribution in [0.2, 0.25) is 0 Å². The van der Waals surface area contributed by atoms with Gasteiger partial charge in [-0.05, 0) is 46.3 Å². The highest BCUT2D eigenvalue weighted by Crippen LogP contribution is 2.27. The van der Waals surface area contributed by atoms with Crippen molar-refractivity contribution < 1.29 is 0 Å². The van der Waals surface area contributed by atoms with Gasteiger partial charge in [0.05, 0.1) is 21.9 Å². The summed E-state index contributed by atoms with van der Waals surface area (Å²) >= 11 is 5.40. The van der Waals surface area contributed by atoms with Crippen LogP contribution in [0.5, 0.6) is 0 Å².